The van der Waals surface area contributed by atoms with E-state index in [1.165, 1.54) is 0 Å². The minimum atomic E-state index is -0.177. The van der Waals surface area contributed by atoms with Gasteiger partial charge in [-0.2, -0.15) is 0 Å². The van der Waals surface area contributed by atoms with Crippen molar-refractivity contribution in [2.45, 2.75) is 31.7 Å². The average molecular weight is 250 g/mol. The van der Waals surface area contributed by atoms with Gasteiger partial charge in [-0.05, 0) is 19.3 Å². The van der Waals surface area contributed by atoms with Crippen LogP contribution in [0.4, 0.5) is 0 Å². The van der Waals surface area contributed by atoms with E-state index in [0.717, 1.165) is 25.7 Å². The maximum absolute atomic E-state index is 11.6. The average Bonchev–Trinajstić information content (AvgIpc) is 2.25. The summed E-state index contributed by atoms with van der Waals surface area (Å²) in [6.45, 7) is 0.0566. The molecule has 0 radical (unpaired) electrons. The van der Waals surface area contributed by atoms with Crippen molar-refractivity contribution in [2.75, 3.05) is 13.6 Å². The van der Waals surface area contributed by atoms with Gasteiger partial charge in [-0.3, -0.25) is 9.59 Å². The molecule has 0 aromatic heterocycles. The molecule has 2 atom stereocenters. The Bertz CT molecular complexity index is 248. The fraction of sp³-hybridized carbons (Fsp3) is 0.800. The predicted octanol–water partition coefficient (Wildman–Crippen LogP) is -0.212. The zero-order chi connectivity index (χ0) is 11.3. The van der Waals surface area contributed by atoms with Crippen LogP contribution in [0.5, 0.6) is 0 Å². The standard InChI is InChI=1S/C10H19N3O2.ClH/c1-12-9(14)6-13-10(15)7-3-2-4-8(11)5-7;/h7-8H,2-6,11H2,1H3,(H,12,14)(H,13,15);1H. The highest BCUT2D eigenvalue weighted by Crippen LogP contribution is 2.22. The van der Waals surface area contributed by atoms with Crippen molar-refractivity contribution < 1.29 is 9.59 Å². The van der Waals surface area contributed by atoms with E-state index < -0.39 is 0 Å². The van der Waals surface area contributed by atoms with Gasteiger partial charge in [0, 0.05) is 19.0 Å². The molecule has 0 heterocycles. The third-order valence-electron chi connectivity index (χ3n) is 2.79. The molecular weight excluding hydrogens is 230 g/mol. The first-order chi connectivity index (χ1) is 7.13. The molecule has 2 amide bonds. The Morgan fingerprint density at radius 1 is 1.38 bits per heavy atom. The Morgan fingerprint density at radius 3 is 2.62 bits per heavy atom. The van der Waals surface area contributed by atoms with E-state index in [9.17, 15) is 9.59 Å². The van der Waals surface area contributed by atoms with Gasteiger partial charge in [-0.1, -0.05) is 6.42 Å². The number of carbonyl (C=O) groups excluding carboxylic acids is 2. The summed E-state index contributed by atoms with van der Waals surface area (Å²) < 4.78 is 0. The maximum Gasteiger partial charge on any atom is 0.239 e. The van der Waals surface area contributed by atoms with E-state index in [1.807, 2.05) is 0 Å². The Balaban J connectivity index is 0.00000225. The lowest BCUT2D eigenvalue weighted by molar-refractivity contribution is -0.129. The van der Waals surface area contributed by atoms with Crippen molar-refractivity contribution in [3.63, 3.8) is 0 Å². The third kappa shape index (κ3) is 4.81. The largest absolute Gasteiger partial charge is 0.358 e. The van der Waals surface area contributed by atoms with Crippen LogP contribution in [0.25, 0.3) is 0 Å². The van der Waals surface area contributed by atoms with Crippen LogP contribution in [0.3, 0.4) is 0 Å². The quantitative estimate of drug-likeness (QED) is 0.647. The summed E-state index contributed by atoms with van der Waals surface area (Å²) in [6, 6.07) is 0.134. The van der Waals surface area contributed by atoms with Gasteiger partial charge in [0.25, 0.3) is 0 Å². The van der Waals surface area contributed by atoms with Crippen molar-refractivity contribution in [3.8, 4) is 0 Å². The number of likely N-dealkylation sites (N-methyl/N-ethyl adjacent to an activating group) is 1. The van der Waals surface area contributed by atoms with E-state index in [1.54, 1.807) is 7.05 Å². The fourth-order valence-electron chi connectivity index (χ4n) is 1.87. The number of hydrogen-bond acceptors (Lipinski definition) is 3. The van der Waals surface area contributed by atoms with Gasteiger partial charge >= 0.3 is 0 Å². The molecule has 1 rings (SSSR count). The van der Waals surface area contributed by atoms with E-state index in [0.29, 0.717) is 0 Å². The molecule has 5 nitrogen and oxygen atoms in total. The molecule has 4 N–H and O–H groups in total. The van der Waals surface area contributed by atoms with Gasteiger partial charge in [0.2, 0.25) is 11.8 Å². The minimum absolute atomic E-state index is 0. The molecule has 1 aliphatic rings. The lowest BCUT2D eigenvalue weighted by atomic mass is 9.85. The molecule has 0 bridgehead atoms. The Morgan fingerprint density at radius 2 is 2.06 bits per heavy atom. The highest BCUT2D eigenvalue weighted by atomic mass is 35.5. The molecule has 1 fully saturated rings. The summed E-state index contributed by atoms with van der Waals surface area (Å²) in [6.07, 6.45) is 3.62. The normalized spacial score (nSPS) is 24.1. The van der Waals surface area contributed by atoms with Crippen LogP contribution in [0.15, 0.2) is 0 Å². The Kier molecular flexibility index (Phi) is 7.08. The van der Waals surface area contributed by atoms with Crippen molar-refractivity contribution >= 4 is 24.2 Å². The second-order valence-corrected chi connectivity index (χ2v) is 4.01. The van der Waals surface area contributed by atoms with Crippen molar-refractivity contribution in [3.05, 3.63) is 0 Å². The molecule has 0 spiro atoms. The van der Waals surface area contributed by atoms with Gasteiger partial charge in [-0.25, -0.2) is 0 Å². The highest BCUT2D eigenvalue weighted by molar-refractivity contribution is 5.86. The summed E-state index contributed by atoms with van der Waals surface area (Å²) in [5.74, 6) is -0.240. The summed E-state index contributed by atoms with van der Waals surface area (Å²) in [5, 5.41) is 5.07. The fourth-order valence-corrected chi connectivity index (χ4v) is 1.87. The Hall–Kier alpha value is -0.810. The van der Waals surface area contributed by atoms with E-state index in [-0.39, 0.29) is 42.7 Å². The van der Waals surface area contributed by atoms with Crippen molar-refractivity contribution in [1.82, 2.24) is 10.6 Å². The smallest absolute Gasteiger partial charge is 0.239 e. The molecule has 1 saturated carbocycles. The minimum Gasteiger partial charge on any atom is -0.358 e. The molecule has 94 valence electrons. The van der Waals surface area contributed by atoms with E-state index >= 15 is 0 Å². The first-order valence-corrected chi connectivity index (χ1v) is 5.37. The second kappa shape index (κ2) is 7.46. The molecule has 0 saturated heterocycles. The van der Waals surface area contributed by atoms with Gasteiger partial charge in [0.05, 0.1) is 6.54 Å². The number of nitrogens with two attached hydrogens (primary N) is 1. The molecular formula is C10H20ClN3O2. The lowest BCUT2D eigenvalue weighted by Gasteiger charge is -2.25. The number of carbonyl (C=O) groups is 2. The molecule has 0 aromatic carbocycles. The highest BCUT2D eigenvalue weighted by Gasteiger charge is 2.25. The number of amides is 2. The Labute approximate surface area is 102 Å². The summed E-state index contributed by atoms with van der Waals surface area (Å²) >= 11 is 0. The number of hydrogen-bond donors (Lipinski definition) is 3. The molecule has 1 aliphatic carbocycles. The zero-order valence-electron chi connectivity index (χ0n) is 9.49. The molecule has 6 heteroatoms. The molecule has 0 aromatic rings. The van der Waals surface area contributed by atoms with Gasteiger partial charge < -0.3 is 16.4 Å². The van der Waals surface area contributed by atoms with Crippen LogP contribution >= 0.6 is 12.4 Å². The van der Waals surface area contributed by atoms with Crippen molar-refractivity contribution in [1.29, 1.82) is 0 Å². The first kappa shape index (κ1) is 15.2. The van der Waals surface area contributed by atoms with Crippen LogP contribution in [0, 0.1) is 5.92 Å². The van der Waals surface area contributed by atoms with Crippen LogP contribution in [0.1, 0.15) is 25.7 Å². The van der Waals surface area contributed by atoms with Crippen LogP contribution < -0.4 is 16.4 Å². The molecule has 0 aliphatic heterocycles. The number of halogens is 1. The SMILES string of the molecule is CNC(=O)CNC(=O)C1CCCC(N)C1.Cl. The maximum atomic E-state index is 11.6. The zero-order valence-corrected chi connectivity index (χ0v) is 10.3. The summed E-state index contributed by atoms with van der Waals surface area (Å²) in [5.41, 5.74) is 5.79. The third-order valence-corrected chi connectivity index (χ3v) is 2.79. The summed E-state index contributed by atoms with van der Waals surface area (Å²) in [7, 11) is 1.55. The van der Waals surface area contributed by atoms with Gasteiger partial charge in [0.15, 0.2) is 0 Å². The van der Waals surface area contributed by atoms with E-state index in [2.05, 4.69) is 10.6 Å². The topological polar surface area (TPSA) is 84.2 Å². The predicted molar refractivity (Wildman–Crippen MR) is 64.3 cm³/mol. The molecule has 16 heavy (non-hydrogen) atoms. The van der Waals surface area contributed by atoms with Gasteiger partial charge in [-0.15, -0.1) is 12.4 Å². The van der Waals surface area contributed by atoms with Crippen LogP contribution in [-0.4, -0.2) is 31.4 Å². The first-order valence-electron chi connectivity index (χ1n) is 5.37. The summed E-state index contributed by atoms with van der Waals surface area (Å²) in [4.78, 5) is 22.5. The van der Waals surface area contributed by atoms with E-state index in [4.69, 9.17) is 5.73 Å². The number of rotatable bonds is 3. The lowest BCUT2D eigenvalue weighted by Crippen LogP contribution is -2.41. The second-order valence-electron chi connectivity index (χ2n) is 4.01. The van der Waals surface area contributed by atoms with Crippen molar-refractivity contribution in [2.24, 2.45) is 11.7 Å². The number of nitrogens with one attached hydrogen (secondary N) is 2. The van der Waals surface area contributed by atoms with Gasteiger partial charge in [0.1, 0.15) is 0 Å². The van der Waals surface area contributed by atoms with Crippen LogP contribution in [0.2, 0.25) is 0 Å². The monoisotopic (exact) mass is 249 g/mol. The van der Waals surface area contributed by atoms with Crippen LogP contribution in [-0.2, 0) is 9.59 Å². The molecule has 2 unspecified atom stereocenters.